The summed E-state index contributed by atoms with van der Waals surface area (Å²) in [5.41, 5.74) is 7.12. The van der Waals surface area contributed by atoms with E-state index in [1.54, 1.807) is 12.5 Å². The van der Waals surface area contributed by atoms with Crippen LogP contribution in [0.5, 0.6) is 0 Å². The second-order valence-corrected chi connectivity index (χ2v) is 5.41. The molecule has 0 aliphatic heterocycles. The van der Waals surface area contributed by atoms with Gasteiger partial charge in [-0.25, -0.2) is 4.98 Å². The third-order valence-electron chi connectivity index (χ3n) is 3.40. The molecule has 5 nitrogen and oxygen atoms in total. The van der Waals surface area contributed by atoms with Crippen molar-refractivity contribution in [3.63, 3.8) is 0 Å². The Balaban J connectivity index is 2.54. The number of nitrogens with one attached hydrogen (secondary N) is 1. The Labute approximate surface area is 115 Å². The van der Waals surface area contributed by atoms with Crippen LogP contribution in [-0.4, -0.2) is 21.5 Å². The molecule has 108 valence electrons. The summed E-state index contributed by atoms with van der Waals surface area (Å²) in [6, 6.07) is 0.188. The number of aryl methyl sites for hydroxylation is 1. The molecule has 3 N–H and O–H groups in total. The Morgan fingerprint density at radius 1 is 1.47 bits per heavy atom. The van der Waals surface area contributed by atoms with Crippen molar-refractivity contribution < 1.29 is 4.79 Å². The number of rotatable bonds is 7. The van der Waals surface area contributed by atoms with Gasteiger partial charge in [0.05, 0.1) is 12.0 Å². The summed E-state index contributed by atoms with van der Waals surface area (Å²) in [7, 11) is 0. The Morgan fingerprint density at radius 2 is 2.16 bits per heavy atom. The molecule has 0 aliphatic carbocycles. The highest BCUT2D eigenvalue weighted by atomic mass is 16.1. The van der Waals surface area contributed by atoms with Crippen LogP contribution >= 0.6 is 0 Å². The molecule has 1 heterocycles. The quantitative estimate of drug-likeness (QED) is 0.791. The highest BCUT2D eigenvalue weighted by Crippen LogP contribution is 2.18. The molecule has 5 heteroatoms. The Bertz CT molecular complexity index is 400. The van der Waals surface area contributed by atoms with Gasteiger partial charge >= 0.3 is 0 Å². The number of aromatic nitrogens is 2. The van der Waals surface area contributed by atoms with Gasteiger partial charge in [0.1, 0.15) is 0 Å². The van der Waals surface area contributed by atoms with Crippen molar-refractivity contribution in [2.75, 3.05) is 0 Å². The van der Waals surface area contributed by atoms with Crippen LogP contribution in [0.1, 0.15) is 52.3 Å². The van der Waals surface area contributed by atoms with Gasteiger partial charge in [0, 0.05) is 31.2 Å². The van der Waals surface area contributed by atoms with E-state index in [1.807, 2.05) is 11.5 Å². The Morgan fingerprint density at radius 3 is 2.74 bits per heavy atom. The molecule has 1 aromatic heterocycles. The van der Waals surface area contributed by atoms with Crippen LogP contribution < -0.4 is 11.1 Å². The second kappa shape index (κ2) is 7.28. The lowest BCUT2D eigenvalue weighted by Crippen LogP contribution is -2.32. The van der Waals surface area contributed by atoms with E-state index in [0.717, 1.165) is 12.1 Å². The van der Waals surface area contributed by atoms with E-state index in [-0.39, 0.29) is 18.0 Å². The van der Waals surface area contributed by atoms with E-state index in [1.165, 1.54) is 0 Å². The van der Waals surface area contributed by atoms with E-state index >= 15 is 0 Å². The smallest absolute Gasteiger partial charge is 0.221 e. The van der Waals surface area contributed by atoms with Gasteiger partial charge in [-0.2, -0.15) is 0 Å². The van der Waals surface area contributed by atoms with Gasteiger partial charge in [0.25, 0.3) is 0 Å². The SMILES string of the molecule is CCC(C)NC(=O)CCn1cncc1C(N)C(C)C. The van der Waals surface area contributed by atoms with E-state index in [9.17, 15) is 4.79 Å². The van der Waals surface area contributed by atoms with Gasteiger partial charge in [-0.15, -0.1) is 0 Å². The van der Waals surface area contributed by atoms with Crippen molar-refractivity contribution in [2.24, 2.45) is 11.7 Å². The van der Waals surface area contributed by atoms with Crippen LogP contribution in [0.2, 0.25) is 0 Å². The number of carbonyl (C=O) groups excluding carboxylic acids is 1. The normalized spacial score (nSPS) is 14.4. The number of hydrogen-bond acceptors (Lipinski definition) is 3. The molecular formula is C14H26N4O. The van der Waals surface area contributed by atoms with E-state index in [2.05, 4.69) is 31.1 Å². The van der Waals surface area contributed by atoms with Crippen LogP contribution in [-0.2, 0) is 11.3 Å². The molecule has 2 atom stereocenters. The van der Waals surface area contributed by atoms with Crippen molar-refractivity contribution in [2.45, 2.75) is 59.2 Å². The lowest BCUT2D eigenvalue weighted by Gasteiger charge is -2.18. The predicted molar refractivity (Wildman–Crippen MR) is 76.5 cm³/mol. The summed E-state index contributed by atoms with van der Waals surface area (Å²) in [4.78, 5) is 15.9. The van der Waals surface area contributed by atoms with Crippen LogP contribution in [0, 0.1) is 5.92 Å². The molecule has 0 radical (unpaired) electrons. The van der Waals surface area contributed by atoms with Gasteiger partial charge in [-0.3, -0.25) is 4.79 Å². The fraction of sp³-hybridized carbons (Fsp3) is 0.714. The van der Waals surface area contributed by atoms with Crippen LogP contribution in [0.4, 0.5) is 0 Å². The van der Waals surface area contributed by atoms with Crippen LogP contribution in [0.15, 0.2) is 12.5 Å². The molecule has 0 fully saturated rings. The van der Waals surface area contributed by atoms with Crippen molar-refractivity contribution in [1.82, 2.24) is 14.9 Å². The first kappa shape index (κ1) is 15.7. The average Bonchev–Trinajstić information content (AvgIpc) is 2.83. The molecule has 1 aromatic rings. The van der Waals surface area contributed by atoms with Gasteiger partial charge in [-0.1, -0.05) is 20.8 Å². The van der Waals surface area contributed by atoms with Gasteiger partial charge in [0.15, 0.2) is 0 Å². The molecule has 2 unspecified atom stereocenters. The molecule has 0 saturated heterocycles. The maximum atomic E-state index is 11.7. The van der Waals surface area contributed by atoms with E-state index in [4.69, 9.17) is 5.73 Å². The molecule has 19 heavy (non-hydrogen) atoms. The first-order chi connectivity index (χ1) is 8.95. The average molecular weight is 266 g/mol. The molecular weight excluding hydrogens is 240 g/mol. The van der Waals surface area contributed by atoms with Crippen molar-refractivity contribution in [3.05, 3.63) is 18.2 Å². The number of nitrogens with zero attached hydrogens (tertiary/aromatic N) is 2. The summed E-state index contributed by atoms with van der Waals surface area (Å²) in [6.07, 6.45) is 4.93. The minimum absolute atomic E-state index is 0.0415. The number of hydrogen-bond donors (Lipinski definition) is 2. The summed E-state index contributed by atoms with van der Waals surface area (Å²) in [5.74, 6) is 0.427. The zero-order chi connectivity index (χ0) is 14.4. The maximum Gasteiger partial charge on any atom is 0.221 e. The summed E-state index contributed by atoms with van der Waals surface area (Å²) >= 11 is 0. The molecule has 1 amide bonds. The predicted octanol–water partition coefficient (Wildman–Crippen LogP) is 1.84. The van der Waals surface area contributed by atoms with Crippen molar-refractivity contribution in [3.8, 4) is 0 Å². The first-order valence-electron chi connectivity index (χ1n) is 7.00. The standard InChI is InChI=1S/C14H26N4O/c1-5-11(4)17-13(19)6-7-18-9-16-8-12(18)14(15)10(2)3/h8-11,14H,5-7,15H2,1-4H3,(H,17,19). The molecule has 1 rings (SSSR count). The van der Waals surface area contributed by atoms with Crippen LogP contribution in [0.25, 0.3) is 0 Å². The van der Waals surface area contributed by atoms with Gasteiger partial charge in [-0.05, 0) is 19.3 Å². The minimum atomic E-state index is -0.0415. The minimum Gasteiger partial charge on any atom is -0.354 e. The zero-order valence-electron chi connectivity index (χ0n) is 12.4. The van der Waals surface area contributed by atoms with Crippen LogP contribution in [0.3, 0.4) is 0 Å². The molecule has 0 bridgehead atoms. The number of amides is 1. The molecule has 0 saturated carbocycles. The maximum absolute atomic E-state index is 11.7. The molecule has 0 aromatic carbocycles. The Kier molecular flexibility index (Phi) is 6.02. The molecule has 0 aliphatic rings. The highest BCUT2D eigenvalue weighted by Gasteiger charge is 2.15. The lowest BCUT2D eigenvalue weighted by atomic mass is 10.0. The van der Waals surface area contributed by atoms with E-state index in [0.29, 0.717) is 18.9 Å². The van der Waals surface area contributed by atoms with Crippen molar-refractivity contribution in [1.29, 1.82) is 0 Å². The lowest BCUT2D eigenvalue weighted by molar-refractivity contribution is -0.121. The second-order valence-electron chi connectivity index (χ2n) is 5.41. The topological polar surface area (TPSA) is 72.9 Å². The molecule has 0 spiro atoms. The largest absolute Gasteiger partial charge is 0.354 e. The zero-order valence-corrected chi connectivity index (χ0v) is 12.4. The first-order valence-corrected chi connectivity index (χ1v) is 7.00. The number of imidazole rings is 1. The van der Waals surface area contributed by atoms with Crippen molar-refractivity contribution >= 4 is 5.91 Å². The highest BCUT2D eigenvalue weighted by molar-refractivity contribution is 5.76. The third-order valence-corrected chi connectivity index (χ3v) is 3.40. The number of carbonyl (C=O) groups is 1. The summed E-state index contributed by atoms with van der Waals surface area (Å²) in [5, 5.41) is 2.96. The Hall–Kier alpha value is -1.36. The summed E-state index contributed by atoms with van der Waals surface area (Å²) < 4.78 is 1.97. The third kappa shape index (κ3) is 4.67. The fourth-order valence-electron chi connectivity index (χ4n) is 1.81. The van der Waals surface area contributed by atoms with Gasteiger partial charge < -0.3 is 15.6 Å². The van der Waals surface area contributed by atoms with Gasteiger partial charge in [0.2, 0.25) is 5.91 Å². The summed E-state index contributed by atoms with van der Waals surface area (Å²) in [6.45, 7) is 8.85. The van der Waals surface area contributed by atoms with E-state index < -0.39 is 0 Å². The fourth-order valence-corrected chi connectivity index (χ4v) is 1.81. The number of nitrogens with two attached hydrogens (primary N) is 1. The monoisotopic (exact) mass is 266 g/mol.